The number of ether oxygens (including phenoxy) is 6. The predicted molar refractivity (Wildman–Crippen MR) is 96.7 cm³/mol. The number of esters is 2. The first-order valence-electron chi connectivity index (χ1n) is 8.73. The summed E-state index contributed by atoms with van der Waals surface area (Å²) < 4.78 is 31.2. The van der Waals surface area contributed by atoms with Crippen molar-refractivity contribution in [2.75, 3.05) is 39.8 Å². The van der Waals surface area contributed by atoms with Crippen LogP contribution in [0.5, 0.6) is 5.75 Å². The molecule has 162 valence electrons. The van der Waals surface area contributed by atoms with Crippen molar-refractivity contribution < 1.29 is 48.2 Å². The summed E-state index contributed by atoms with van der Waals surface area (Å²) in [5, 5.41) is 20.4. The Morgan fingerprint density at radius 2 is 1.59 bits per heavy atom. The second-order valence-corrected chi connectivity index (χ2v) is 6.11. The lowest BCUT2D eigenvalue weighted by molar-refractivity contribution is -0.293. The van der Waals surface area contributed by atoms with Crippen LogP contribution in [0.25, 0.3) is 0 Å². The molecule has 0 unspecified atom stereocenters. The summed E-state index contributed by atoms with van der Waals surface area (Å²) in [4.78, 5) is 22.9. The van der Waals surface area contributed by atoms with Crippen LogP contribution in [0.2, 0.25) is 0 Å². The lowest BCUT2D eigenvalue weighted by Crippen LogP contribution is -2.62. The average molecular weight is 415 g/mol. The molecule has 1 aromatic rings. The maximum absolute atomic E-state index is 11.5. The van der Waals surface area contributed by atoms with Crippen LogP contribution in [-0.4, -0.2) is 86.9 Å². The topological polar surface area (TPSA) is 156 Å². The second-order valence-electron chi connectivity index (χ2n) is 6.11. The summed E-state index contributed by atoms with van der Waals surface area (Å²) in [6.07, 6.45) is -5.97. The first kappa shape index (κ1) is 22.8. The van der Waals surface area contributed by atoms with Crippen LogP contribution in [0, 0.1) is 0 Å². The van der Waals surface area contributed by atoms with Crippen LogP contribution in [0.15, 0.2) is 24.3 Å². The Labute approximate surface area is 167 Å². The van der Waals surface area contributed by atoms with Crippen molar-refractivity contribution in [2.24, 2.45) is 0 Å². The minimum Gasteiger partial charge on any atom is -0.467 e. The normalized spacial score (nSPS) is 26.6. The minimum absolute atomic E-state index is 0.348. The highest BCUT2D eigenvalue weighted by Gasteiger charge is 2.48. The van der Waals surface area contributed by atoms with Gasteiger partial charge in [0.05, 0.1) is 20.8 Å². The molecule has 1 aromatic carbocycles. The highest BCUT2D eigenvalue weighted by molar-refractivity contribution is 5.70. The molecular formula is C18H25NO10. The molecule has 1 fully saturated rings. The standard InChI is InChI=1S/C18H25NO10/c1-24-13(21)8-26-16-12(7-20)29-18(28-11-5-3-10(19)4-6-11)15(23)17(16)27-9-14(22)25-2/h3-6,12,15-18,20,23H,7-9,19H2,1-2H3/t12-,15+,16-,17-,18+/m1/s1. The number of rotatable bonds is 9. The van der Waals surface area contributed by atoms with Gasteiger partial charge in [0, 0.05) is 5.69 Å². The third-order valence-corrected chi connectivity index (χ3v) is 4.17. The van der Waals surface area contributed by atoms with E-state index in [1.807, 2.05) is 0 Å². The van der Waals surface area contributed by atoms with E-state index < -0.39 is 62.5 Å². The van der Waals surface area contributed by atoms with Gasteiger partial charge in [0.2, 0.25) is 6.29 Å². The first-order valence-corrected chi connectivity index (χ1v) is 8.73. The van der Waals surface area contributed by atoms with Crippen LogP contribution < -0.4 is 10.5 Å². The number of carbonyl (C=O) groups is 2. The molecule has 11 nitrogen and oxygen atoms in total. The van der Waals surface area contributed by atoms with Crippen molar-refractivity contribution in [1.82, 2.24) is 0 Å². The number of benzene rings is 1. The fourth-order valence-corrected chi connectivity index (χ4v) is 2.66. The van der Waals surface area contributed by atoms with Gasteiger partial charge in [-0.3, -0.25) is 0 Å². The van der Waals surface area contributed by atoms with Crippen LogP contribution in [0.4, 0.5) is 5.69 Å². The van der Waals surface area contributed by atoms with E-state index in [1.54, 1.807) is 24.3 Å². The number of anilines is 1. The SMILES string of the molecule is COC(=O)CO[C@@H]1[C@H](O)[C@@H](Oc2ccc(N)cc2)O[C@H](CO)[C@H]1OCC(=O)OC. The van der Waals surface area contributed by atoms with Gasteiger partial charge in [-0.15, -0.1) is 0 Å². The summed E-state index contributed by atoms with van der Waals surface area (Å²) in [5.74, 6) is -1.02. The number of methoxy groups -OCH3 is 2. The molecule has 0 amide bonds. The Bertz CT molecular complexity index is 667. The van der Waals surface area contributed by atoms with Crippen LogP contribution in [0.1, 0.15) is 0 Å². The Kier molecular flexibility index (Phi) is 8.61. The average Bonchev–Trinajstić information content (AvgIpc) is 2.73. The quantitative estimate of drug-likeness (QED) is 0.330. The number of nitrogen functional groups attached to an aromatic ring is 1. The first-order chi connectivity index (χ1) is 13.9. The largest absolute Gasteiger partial charge is 0.467 e. The van der Waals surface area contributed by atoms with Crippen LogP contribution in [-0.2, 0) is 33.3 Å². The summed E-state index contributed by atoms with van der Waals surface area (Å²) >= 11 is 0. The van der Waals surface area contributed by atoms with E-state index in [1.165, 1.54) is 14.2 Å². The molecule has 1 saturated heterocycles. The highest BCUT2D eigenvalue weighted by atomic mass is 16.7. The number of aliphatic hydroxyl groups is 2. The summed E-state index contributed by atoms with van der Waals surface area (Å²) in [7, 11) is 2.37. The van der Waals surface area contributed by atoms with Crippen molar-refractivity contribution >= 4 is 17.6 Å². The van der Waals surface area contributed by atoms with Gasteiger partial charge in [0.1, 0.15) is 43.4 Å². The Balaban J connectivity index is 2.18. The number of aliphatic hydroxyl groups excluding tert-OH is 2. The molecule has 29 heavy (non-hydrogen) atoms. The van der Waals surface area contributed by atoms with Gasteiger partial charge in [-0.25, -0.2) is 9.59 Å². The number of carbonyl (C=O) groups excluding carboxylic acids is 2. The van der Waals surface area contributed by atoms with Crippen LogP contribution >= 0.6 is 0 Å². The van der Waals surface area contributed by atoms with Crippen molar-refractivity contribution in [2.45, 2.75) is 30.7 Å². The van der Waals surface area contributed by atoms with Gasteiger partial charge < -0.3 is 44.4 Å². The second kappa shape index (κ2) is 10.9. The molecule has 0 aliphatic carbocycles. The highest BCUT2D eigenvalue weighted by Crippen LogP contribution is 2.28. The van der Waals surface area contributed by atoms with Crippen LogP contribution in [0.3, 0.4) is 0 Å². The zero-order valence-corrected chi connectivity index (χ0v) is 16.1. The Hall–Kier alpha value is -2.44. The molecule has 2 rings (SSSR count). The molecule has 5 atom stereocenters. The molecule has 0 bridgehead atoms. The number of nitrogens with two attached hydrogens (primary N) is 1. The molecule has 0 aromatic heterocycles. The molecule has 1 heterocycles. The van der Waals surface area contributed by atoms with Gasteiger partial charge in [0.15, 0.2) is 0 Å². The van der Waals surface area contributed by atoms with E-state index in [9.17, 15) is 19.8 Å². The zero-order valence-electron chi connectivity index (χ0n) is 16.1. The summed E-state index contributed by atoms with van der Waals surface area (Å²) in [6, 6.07) is 6.34. The minimum atomic E-state index is -1.43. The maximum atomic E-state index is 11.5. The molecule has 0 spiro atoms. The number of hydrogen-bond donors (Lipinski definition) is 3. The van der Waals surface area contributed by atoms with E-state index >= 15 is 0 Å². The summed E-state index contributed by atoms with van der Waals surface area (Å²) in [6.45, 7) is -1.50. The molecule has 1 aliphatic rings. The van der Waals surface area contributed by atoms with E-state index in [0.717, 1.165) is 0 Å². The predicted octanol–water partition coefficient (Wildman–Crippen LogP) is -1.16. The van der Waals surface area contributed by atoms with E-state index in [0.29, 0.717) is 11.4 Å². The van der Waals surface area contributed by atoms with Crippen molar-refractivity contribution in [1.29, 1.82) is 0 Å². The van der Waals surface area contributed by atoms with Gasteiger partial charge in [-0.05, 0) is 24.3 Å². The maximum Gasteiger partial charge on any atom is 0.331 e. The smallest absolute Gasteiger partial charge is 0.331 e. The summed E-state index contributed by atoms with van der Waals surface area (Å²) in [5.41, 5.74) is 6.15. The molecular weight excluding hydrogens is 390 g/mol. The van der Waals surface area contributed by atoms with E-state index in [-0.39, 0.29) is 0 Å². The van der Waals surface area contributed by atoms with E-state index in [2.05, 4.69) is 9.47 Å². The van der Waals surface area contributed by atoms with Crippen molar-refractivity contribution in [3.05, 3.63) is 24.3 Å². The molecule has 0 radical (unpaired) electrons. The van der Waals surface area contributed by atoms with Gasteiger partial charge in [0.25, 0.3) is 0 Å². The van der Waals surface area contributed by atoms with Gasteiger partial charge in [-0.2, -0.15) is 0 Å². The van der Waals surface area contributed by atoms with Gasteiger partial charge >= 0.3 is 11.9 Å². The molecule has 0 saturated carbocycles. The van der Waals surface area contributed by atoms with E-state index in [4.69, 9.17) is 24.7 Å². The van der Waals surface area contributed by atoms with Crippen molar-refractivity contribution in [3.63, 3.8) is 0 Å². The fourth-order valence-electron chi connectivity index (χ4n) is 2.66. The zero-order chi connectivity index (χ0) is 21.4. The van der Waals surface area contributed by atoms with Gasteiger partial charge in [-0.1, -0.05) is 0 Å². The fraction of sp³-hybridized carbons (Fsp3) is 0.556. The Morgan fingerprint density at radius 1 is 1.03 bits per heavy atom. The molecule has 1 aliphatic heterocycles. The molecule has 11 heteroatoms. The lowest BCUT2D eigenvalue weighted by atomic mass is 9.98. The molecule has 4 N–H and O–H groups in total. The third kappa shape index (κ3) is 6.27. The number of hydrogen-bond acceptors (Lipinski definition) is 11. The monoisotopic (exact) mass is 415 g/mol. The van der Waals surface area contributed by atoms with Crippen molar-refractivity contribution in [3.8, 4) is 5.75 Å². The lowest BCUT2D eigenvalue weighted by Gasteiger charge is -2.43. The Morgan fingerprint density at radius 3 is 2.10 bits per heavy atom. The third-order valence-electron chi connectivity index (χ3n) is 4.17.